The molecule has 0 radical (unpaired) electrons. The zero-order chi connectivity index (χ0) is 8.15. The second-order valence-electron chi connectivity index (χ2n) is 1.77. The summed E-state index contributed by atoms with van der Waals surface area (Å²) in [6.07, 6.45) is 0. The number of carbonyl (C=O) groups excluding carboxylic acids is 1. The molecule has 0 aliphatic rings. The molecule has 0 aliphatic carbocycles. The summed E-state index contributed by atoms with van der Waals surface area (Å²) in [5.74, 6) is -1.32. The molecule has 0 saturated carbocycles. The van der Waals surface area contributed by atoms with Gasteiger partial charge < -0.3 is 16.6 Å². The van der Waals surface area contributed by atoms with Crippen LogP contribution in [0, 0.1) is 0 Å². The van der Waals surface area contributed by atoms with Crippen LogP contribution in [0.2, 0.25) is 0 Å². The van der Waals surface area contributed by atoms with Gasteiger partial charge in [0.2, 0.25) is 5.91 Å². The van der Waals surface area contributed by atoms with Gasteiger partial charge in [-0.05, 0) is 0 Å². The molecule has 0 aromatic heterocycles. The molecule has 0 fully saturated rings. The molecule has 0 aliphatic heterocycles. The number of hydrogen-bond acceptors (Lipinski definition) is 4. The topological polar surface area (TPSA) is 101 Å². The fourth-order valence-corrected chi connectivity index (χ4v) is 0.678. The fraction of sp³-hybridized carbons (Fsp3) is 0.600. The van der Waals surface area contributed by atoms with Gasteiger partial charge in [0.1, 0.15) is 6.04 Å². The number of carbonyl (C=O) groups is 2. The first-order chi connectivity index (χ1) is 4.57. The minimum absolute atomic E-state index is 0. The summed E-state index contributed by atoms with van der Waals surface area (Å²) < 4.78 is 0. The van der Waals surface area contributed by atoms with Crippen LogP contribution in [0.5, 0.6) is 0 Å². The van der Waals surface area contributed by atoms with Crippen LogP contribution in [-0.4, -0.2) is 28.8 Å². The summed E-state index contributed by atoms with van der Waals surface area (Å²) in [5, 5.41) is 10.6. The van der Waals surface area contributed by atoms with Crippen molar-refractivity contribution in [1.29, 1.82) is 0 Å². The number of carboxylic acids is 1. The number of amides is 1. The zero-order valence-electron chi connectivity index (χ0n) is 6.91. The average Bonchev–Trinajstić information content (AvgIpc) is 1.81. The molecule has 0 heterocycles. The van der Waals surface area contributed by atoms with E-state index in [2.05, 4.69) is 17.9 Å². The van der Waals surface area contributed by atoms with Crippen molar-refractivity contribution in [2.24, 2.45) is 0 Å². The Kier molecular flexibility index (Phi) is 13.3. The maximum absolute atomic E-state index is 10.3. The molecule has 1 amide bonds. The smallest absolute Gasteiger partial charge is 0.327 e. The van der Waals surface area contributed by atoms with Gasteiger partial charge in [0.25, 0.3) is 0 Å². The number of aliphatic carboxylic acids is 1. The third-order valence-corrected chi connectivity index (χ3v) is 1.22. The first-order valence-corrected chi connectivity index (χ1v) is 3.32. The quantitative estimate of drug-likeness (QED) is 0.404. The third kappa shape index (κ3) is 7.97. The molecule has 68 valence electrons. The SMILES string of the molecule is CC(=O)N[C@@H](CS)C(=O)O.N.[Zn]. The van der Waals surface area contributed by atoms with E-state index in [1.807, 2.05) is 0 Å². The number of thiol groups is 1. The zero-order valence-corrected chi connectivity index (χ0v) is 10.8. The number of hydrogen-bond donors (Lipinski definition) is 4. The Morgan fingerprint density at radius 1 is 1.58 bits per heavy atom. The number of rotatable bonds is 3. The summed E-state index contributed by atoms with van der Waals surface area (Å²) in [4.78, 5) is 20.5. The van der Waals surface area contributed by atoms with Crippen LogP contribution >= 0.6 is 12.6 Å². The van der Waals surface area contributed by atoms with Crippen molar-refractivity contribution >= 4 is 24.5 Å². The van der Waals surface area contributed by atoms with Gasteiger partial charge in [-0.25, -0.2) is 4.79 Å². The maximum atomic E-state index is 10.3. The molecule has 5 nitrogen and oxygen atoms in total. The van der Waals surface area contributed by atoms with Crippen molar-refractivity contribution in [1.82, 2.24) is 11.5 Å². The van der Waals surface area contributed by atoms with Gasteiger partial charge in [-0.3, -0.25) is 4.79 Å². The van der Waals surface area contributed by atoms with Crippen molar-refractivity contribution < 1.29 is 34.2 Å². The molecular weight excluding hydrogens is 234 g/mol. The van der Waals surface area contributed by atoms with E-state index in [0.29, 0.717) is 0 Å². The normalized spacial score (nSPS) is 10.2. The van der Waals surface area contributed by atoms with Crippen LogP contribution < -0.4 is 11.5 Å². The third-order valence-electron chi connectivity index (χ3n) is 0.858. The molecule has 5 N–H and O–H groups in total. The predicted molar refractivity (Wildman–Crippen MR) is 44.1 cm³/mol. The minimum Gasteiger partial charge on any atom is -0.480 e. The largest absolute Gasteiger partial charge is 0.480 e. The number of nitrogens with one attached hydrogen (secondary N) is 1. The summed E-state index contributed by atoms with van der Waals surface area (Å²) in [7, 11) is 0. The van der Waals surface area contributed by atoms with E-state index in [-0.39, 0.29) is 37.3 Å². The second kappa shape index (κ2) is 8.97. The van der Waals surface area contributed by atoms with Crippen LogP contribution in [0.4, 0.5) is 0 Å². The Balaban J connectivity index is -0.000000405. The van der Waals surface area contributed by atoms with Gasteiger partial charge in [0, 0.05) is 32.2 Å². The standard InChI is InChI=1S/C5H9NO3S.H3N.Zn/c1-3(7)6-4(2-10)5(8)9;;/h4,10H,2H2,1H3,(H,6,7)(H,8,9);1H3;/t4-;;/m0../s1. The Labute approximate surface area is 89.0 Å². The van der Waals surface area contributed by atoms with Crippen LogP contribution in [0.25, 0.3) is 0 Å². The average molecular weight is 246 g/mol. The van der Waals surface area contributed by atoms with Gasteiger partial charge in [0.15, 0.2) is 0 Å². The van der Waals surface area contributed by atoms with E-state index in [4.69, 9.17) is 5.11 Å². The first kappa shape index (κ1) is 17.8. The summed E-state index contributed by atoms with van der Waals surface area (Å²) in [6, 6.07) is -0.874. The van der Waals surface area contributed by atoms with Gasteiger partial charge in [-0.15, -0.1) is 0 Å². The summed E-state index contributed by atoms with van der Waals surface area (Å²) in [6.45, 7) is 1.26. The van der Waals surface area contributed by atoms with Gasteiger partial charge in [-0.1, -0.05) is 0 Å². The molecular formula is C5H12N2O3SZn. The van der Waals surface area contributed by atoms with Crippen LogP contribution in [-0.2, 0) is 29.1 Å². The van der Waals surface area contributed by atoms with Crippen molar-refractivity contribution in [3.63, 3.8) is 0 Å². The number of carboxylic acid groups (broad SMARTS) is 1. The van der Waals surface area contributed by atoms with Gasteiger partial charge >= 0.3 is 5.97 Å². The van der Waals surface area contributed by atoms with Gasteiger partial charge in [0.05, 0.1) is 0 Å². The van der Waals surface area contributed by atoms with E-state index in [1.54, 1.807) is 0 Å². The Morgan fingerprint density at radius 3 is 2.08 bits per heavy atom. The Morgan fingerprint density at radius 2 is 2.00 bits per heavy atom. The van der Waals surface area contributed by atoms with Crippen LogP contribution in [0.3, 0.4) is 0 Å². The van der Waals surface area contributed by atoms with Crippen molar-refractivity contribution in [3.8, 4) is 0 Å². The first-order valence-electron chi connectivity index (χ1n) is 2.68. The van der Waals surface area contributed by atoms with E-state index in [0.717, 1.165) is 0 Å². The molecule has 7 heteroatoms. The fourth-order valence-electron chi connectivity index (χ4n) is 0.431. The van der Waals surface area contributed by atoms with Crippen LogP contribution in [0.15, 0.2) is 0 Å². The molecule has 1 atom stereocenters. The van der Waals surface area contributed by atoms with E-state index in [9.17, 15) is 9.59 Å². The predicted octanol–water partition coefficient (Wildman–Crippen LogP) is -0.335. The molecule has 0 unspecified atom stereocenters. The Bertz CT molecular complexity index is 156. The molecule has 12 heavy (non-hydrogen) atoms. The molecule has 0 bridgehead atoms. The molecule has 0 spiro atoms. The second-order valence-corrected chi connectivity index (χ2v) is 2.14. The van der Waals surface area contributed by atoms with Crippen molar-refractivity contribution in [3.05, 3.63) is 0 Å². The van der Waals surface area contributed by atoms with Crippen molar-refractivity contribution in [2.75, 3.05) is 5.75 Å². The molecule has 0 aromatic carbocycles. The summed E-state index contributed by atoms with van der Waals surface area (Å²) in [5.41, 5.74) is 0. The van der Waals surface area contributed by atoms with E-state index >= 15 is 0 Å². The van der Waals surface area contributed by atoms with E-state index < -0.39 is 12.0 Å². The summed E-state index contributed by atoms with van der Waals surface area (Å²) >= 11 is 3.73. The minimum atomic E-state index is -1.06. The molecule has 0 rings (SSSR count). The van der Waals surface area contributed by atoms with Gasteiger partial charge in [-0.2, -0.15) is 12.6 Å². The molecule has 0 saturated heterocycles. The maximum Gasteiger partial charge on any atom is 0.327 e. The molecule has 0 aromatic rings. The van der Waals surface area contributed by atoms with Crippen molar-refractivity contribution in [2.45, 2.75) is 13.0 Å². The van der Waals surface area contributed by atoms with E-state index in [1.165, 1.54) is 6.92 Å². The monoisotopic (exact) mass is 244 g/mol. The Hall–Kier alpha value is -0.127. The van der Waals surface area contributed by atoms with Crippen LogP contribution in [0.1, 0.15) is 6.92 Å².